The van der Waals surface area contributed by atoms with Crippen molar-refractivity contribution < 1.29 is 13.2 Å². The van der Waals surface area contributed by atoms with Gasteiger partial charge in [0.25, 0.3) is 0 Å². The number of nitrogens with two attached hydrogens (primary N) is 1. The molecule has 84 valence electrons. The van der Waals surface area contributed by atoms with E-state index < -0.39 is 5.51 Å². The lowest BCUT2D eigenvalue weighted by Crippen LogP contribution is -2.01. The lowest BCUT2D eigenvalue weighted by atomic mass is 10.3. The number of rotatable bonds is 3. The first-order valence-electron chi connectivity index (χ1n) is 3.91. The van der Waals surface area contributed by atoms with Gasteiger partial charge in [-0.3, -0.25) is 4.72 Å². The van der Waals surface area contributed by atoms with E-state index in [-0.39, 0.29) is 22.3 Å². The molecule has 0 heterocycles. The van der Waals surface area contributed by atoms with Crippen molar-refractivity contribution in [2.75, 3.05) is 12.8 Å². The number of hydrogen-bond donors (Lipinski definition) is 2. The SMILES string of the molecule is CNSc1ccc(N)c(SC(F)(F)F)c1. The van der Waals surface area contributed by atoms with E-state index in [1.54, 1.807) is 13.1 Å². The highest BCUT2D eigenvalue weighted by Crippen LogP contribution is 2.40. The summed E-state index contributed by atoms with van der Waals surface area (Å²) in [6.07, 6.45) is 0. The van der Waals surface area contributed by atoms with Crippen molar-refractivity contribution >= 4 is 29.4 Å². The van der Waals surface area contributed by atoms with E-state index in [0.29, 0.717) is 4.90 Å². The van der Waals surface area contributed by atoms with Gasteiger partial charge < -0.3 is 5.73 Å². The molecule has 0 radical (unpaired) electrons. The van der Waals surface area contributed by atoms with E-state index in [4.69, 9.17) is 5.73 Å². The molecule has 1 aromatic carbocycles. The first kappa shape index (κ1) is 12.5. The van der Waals surface area contributed by atoms with Crippen molar-refractivity contribution in [2.45, 2.75) is 15.3 Å². The predicted octanol–water partition coefficient (Wildman–Crippen LogP) is 3.11. The summed E-state index contributed by atoms with van der Waals surface area (Å²) in [4.78, 5) is 0.723. The zero-order valence-corrected chi connectivity index (χ0v) is 9.39. The topological polar surface area (TPSA) is 38.0 Å². The molecule has 2 nitrogen and oxygen atoms in total. The lowest BCUT2D eigenvalue weighted by molar-refractivity contribution is -0.0328. The van der Waals surface area contributed by atoms with Crippen molar-refractivity contribution in [3.8, 4) is 0 Å². The van der Waals surface area contributed by atoms with Crippen LogP contribution in [0.25, 0.3) is 0 Å². The van der Waals surface area contributed by atoms with Crippen molar-refractivity contribution in [3.05, 3.63) is 18.2 Å². The standard InChI is InChI=1S/C8H9F3N2S2/c1-13-15-5-2-3-6(12)7(4-5)14-8(9,10)11/h2-4,13H,12H2,1H3. The molecule has 1 aromatic rings. The van der Waals surface area contributed by atoms with Crippen molar-refractivity contribution in [3.63, 3.8) is 0 Å². The van der Waals surface area contributed by atoms with Gasteiger partial charge in [-0.05, 0) is 49.0 Å². The molecule has 15 heavy (non-hydrogen) atoms. The fourth-order valence-electron chi connectivity index (χ4n) is 0.909. The van der Waals surface area contributed by atoms with Gasteiger partial charge in [0, 0.05) is 15.5 Å². The van der Waals surface area contributed by atoms with Crippen LogP contribution in [0.4, 0.5) is 18.9 Å². The Kier molecular flexibility index (Phi) is 4.18. The maximum atomic E-state index is 12.1. The Bertz CT molecular complexity index is 341. The number of benzene rings is 1. The monoisotopic (exact) mass is 254 g/mol. The van der Waals surface area contributed by atoms with Crippen LogP contribution in [0.2, 0.25) is 0 Å². The molecule has 0 unspecified atom stereocenters. The van der Waals surface area contributed by atoms with E-state index in [0.717, 1.165) is 0 Å². The number of alkyl halides is 3. The van der Waals surface area contributed by atoms with E-state index in [9.17, 15) is 13.2 Å². The molecule has 0 saturated carbocycles. The van der Waals surface area contributed by atoms with Gasteiger partial charge in [0.15, 0.2) is 0 Å². The molecule has 0 aliphatic rings. The average Bonchev–Trinajstić information content (AvgIpc) is 2.09. The second-order valence-electron chi connectivity index (χ2n) is 2.55. The minimum absolute atomic E-state index is 0.0303. The van der Waals surface area contributed by atoms with Gasteiger partial charge in [-0.1, -0.05) is 0 Å². The zero-order chi connectivity index (χ0) is 11.5. The summed E-state index contributed by atoms with van der Waals surface area (Å²) in [5, 5.41) is 0. The first-order valence-corrected chi connectivity index (χ1v) is 5.54. The molecular weight excluding hydrogens is 245 g/mol. The second-order valence-corrected chi connectivity index (χ2v) is 4.74. The highest BCUT2D eigenvalue weighted by atomic mass is 32.2. The Balaban J connectivity index is 2.90. The molecule has 1 rings (SSSR count). The van der Waals surface area contributed by atoms with Crippen LogP contribution in [0, 0.1) is 0 Å². The minimum atomic E-state index is -4.31. The van der Waals surface area contributed by atoms with Crippen LogP contribution < -0.4 is 10.5 Å². The second kappa shape index (κ2) is 5.00. The largest absolute Gasteiger partial charge is 0.446 e. The maximum Gasteiger partial charge on any atom is 0.446 e. The number of nitrogens with one attached hydrogen (secondary N) is 1. The third kappa shape index (κ3) is 4.23. The fourth-order valence-corrected chi connectivity index (χ4v) is 2.15. The molecule has 3 N–H and O–H groups in total. The summed E-state index contributed by atoms with van der Waals surface area (Å²) in [7, 11) is 1.69. The van der Waals surface area contributed by atoms with Crippen LogP contribution in [0.5, 0.6) is 0 Å². The molecule has 0 atom stereocenters. The highest BCUT2D eigenvalue weighted by Gasteiger charge is 2.30. The normalized spacial score (nSPS) is 11.7. The average molecular weight is 254 g/mol. The third-order valence-electron chi connectivity index (χ3n) is 1.43. The molecule has 0 aromatic heterocycles. The van der Waals surface area contributed by atoms with Crippen LogP contribution in [0.3, 0.4) is 0 Å². The highest BCUT2D eigenvalue weighted by molar-refractivity contribution is 8.00. The Morgan fingerprint density at radius 1 is 1.33 bits per heavy atom. The zero-order valence-electron chi connectivity index (χ0n) is 7.76. The summed E-state index contributed by atoms with van der Waals surface area (Å²) in [5.41, 5.74) is 1.27. The maximum absolute atomic E-state index is 12.1. The Labute approximate surface area is 93.9 Å². The van der Waals surface area contributed by atoms with Gasteiger partial charge >= 0.3 is 5.51 Å². The van der Waals surface area contributed by atoms with E-state index in [1.165, 1.54) is 24.1 Å². The Morgan fingerprint density at radius 3 is 2.53 bits per heavy atom. The third-order valence-corrected chi connectivity index (χ3v) is 2.93. The lowest BCUT2D eigenvalue weighted by Gasteiger charge is -2.09. The molecule has 0 fully saturated rings. The quantitative estimate of drug-likeness (QED) is 0.494. The summed E-state index contributed by atoms with van der Waals surface area (Å²) < 4.78 is 39.2. The van der Waals surface area contributed by atoms with E-state index in [1.807, 2.05) is 0 Å². The van der Waals surface area contributed by atoms with Crippen molar-refractivity contribution in [1.29, 1.82) is 0 Å². The van der Waals surface area contributed by atoms with Crippen LogP contribution >= 0.6 is 23.7 Å². The van der Waals surface area contributed by atoms with Gasteiger partial charge in [-0.2, -0.15) is 13.2 Å². The van der Waals surface area contributed by atoms with E-state index in [2.05, 4.69) is 4.72 Å². The number of halogens is 3. The van der Waals surface area contributed by atoms with Gasteiger partial charge in [-0.15, -0.1) is 0 Å². The van der Waals surface area contributed by atoms with Crippen molar-refractivity contribution in [1.82, 2.24) is 4.72 Å². The van der Waals surface area contributed by atoms with Crippen LogP contribution in [-0.2, 0) is 0 Å². The molecule has 0 spiro atoms. The first-order chi connectivity index (χ1) is 6.92. The minimum Gasteiger partial charge on any atom is -0.398 e. The van der Waals surface area contributed by atoms with Gasteiger partial charge in [0.05, 0.1) is 0 Å². The number of anilines is 1. The molecule has 7 heteroatoms. The van der Waals surface area contributed by atoms with Gasteiger partial charge in [0.1, 0.15) is 0 Å². The van der Waals surface area contributed by atoms with Crippen LogP contribution in [0.1, 0.15) is 0 Å². The summed E-state index contributed by atoms with van der Waals surface area (Å²) in [5.74, 6) is 0. The molecule has 0 aliphatic heterocycles. The smallest absolute Gasteiger partial charge is 0.398 e. The van der Waals surface area contributed by atoms with Crippen molar-refractivity contribution in [2.24, 2.45) is 0 Å². The number of hydrogen-bond acceptors (Lipinski definition) is 4. The molecule has 0 aliphatic carbocycles. The number of thioether (sulfide) groups is 1. The summed E-state index contributed by atoms with van der Waals surface area (Å²) >= 11 is 1.04. The van der Waals surface area contributed by atoms with Gasteiger partial charge in [0.2, 0.25) is 0 Å². The molecule has 0 bridgehead atoms. The fraction of sp³-hybridized carbons (Fsp3) is 0.250. The van der Waals surface area contributed by atoms with Crippen LogP contribution in [-0.4, -0.2) is 12.6 Å². The molecule has 0 amide bonds. The Morgan fingerprint density at radius 2 is 2.00 bits per heavy atom. The molecular formula is C8H9F3N2S2. The number of nitrogen functional groups attached to an aromatic ring is 1. The summed E-state index contributed by atoms with van der Waals surface area (Å²) in [6, 6.07) is 4.54. The predicted molar refractivity (Wildman–Crippen MR) is 57.7 cm³/mol. The summed E-state index contributed by atoms with van der Waals surface area (Å²) in [6.45, 7) is 0. The van der Waals surface area contributed by atoms with Gasteiger partial charge in [-0.25, -0.2) is 0 Å². The Hall–Kier alpha value is -0.530. The van der Waals surface area contributed by atoms with Crippen LogP contribution in [0.15, 0.2) is 28.0 Å². The van der Waals surface area contributed by atoms with E-state index >= 15 is 0 Å². The molecule has 0 saturated heterocycles.